The van der Waals surface area contributed by atoms with Crippen LogP contribution in [0.2, 0.25) is 0 Å². The van der Waals surface area contributed by atoms with Gasteiger partial charge in [0.05, 0.1) is 18.6 Å². The Bertz CT molecular complexity index is 655. The van der Waals surface area contributed by atoms with Crippen LogP contribution < -0.4 is 5.32 Å². The van der Waals surface area contributed by atoms with Gasteiger partial charge in [-0.05, 0) is 22.4 Å². The third-order valence-corrected chi connectivity index (χ3v) is 2.59. The summed E-state index contributed by atoms with van der Waals surface area (Å²) in [6.45, 7) is 0.770. The van der Waals surface area contributed by atoms with Crippen molar-refractivity contribution in [3.05, 3.63) is 30.4 Å². The lowest BCUT2D eigenvalue weighted by Gasteiger charge is -2.05. The first-order valence-electron chi connectivity index (χ1n) is 5.56. The summed E-state index contributed by atoms with van der Waals surface area (Å²) in [5.74, 6) is 0.779. The Morgan fingerprint density at radius 2 is 2.22 bits per heavy atom. The summed E-state index contributed by atoms with van der Waals surface area (Å²) in [6.07, 6.45) is 8.06. The summed E-state index contributed by atoms with van der Waals surface area (Å²) in [4.78, 5) is 4.07. The van der Waals surface area contributed by atoms with E-state index in [9.17, 15) is 0 Å². The average molecular weight is 244 g/mol. The number of anilines is 1. The molecule has 0 saturated carbocycles. The first-order chi connectivity index (χ1) is 8.83. The van der Waals surface area contributed by atoms with Gasteiger partial charge in [-0.2, -0.15) is 9.61 Å². The molecule has 18 heavy (non-hydrogen) atoms. The Kier molecular flexibility index (Phi) is 2.60. The largest absolute Gasteiger partial charge is 0.368 e. The van der Waals surface area contributed by atoms with Gasteiger partial charge in [0.25, 0.3) is 0 Å². The van der Waals surface area contributed by atoms with E-state index >= 15 is 0 Å². The Balaban J connectivity index is 1.68. The van der Waals surface area contributed by atoms with Crippen LogP contribution in [0.5, 0.6) is 0 Å². The number of rotatable bonds is 4. The molecule has 0 saturated heterocycles. The third kappa shape index (κ3) is 1.99. The molecule has 0 aliphatic rings. The summed E-state index contributed by atoms with van der Waals surface area (Å²) < 4.78 is 3.41. The molecule has 0 bridgehead atoms. The fraction of sp³-hybridized carbons (Fsp3) is 0.300. The van der Waals surface area contributed by atoms with Crippen molar-refractivity contribution in [2.24, 2.45) is 7.05 Å². The number of hydrogen-bond acceptors (Lipinski definition) is 6. The van der Waals surface area contributed by atoms with Gasteiger partial charge in [0.15, 0.2) is 5.65 Å². The summed E-state index contributed by atoms with van der Waals surface area (Å²) >= 11 is 0. The highest BCUT2D eigenvalue weighted by atomic mass is 15.5. The van der Waals surface area contributed by atoms with Gasteiger partial charge < -0.3 is 5.32 Å². The predicted octanol–water partition coefficient (Wildman–Crippen LogP) is -0.0926. The zero-order valence-electron chi connectivity index (χ0n) is 9.85. The standard InChI is InChI=1S/C10H12N8/c1-17-7-8(4-13-17)2-3-12-9-5-11-6-10-14-15-16-18(9)10/h4-7,12H,2-3H2,1H3. The number of fused-ring (bicyclic) bond motifs is 1. The maximum Gasteiger partial charge on any atom is 0.199 e. The third-order valence-electron chi connectivity index (χ3n) is 2.59. The van der Waals surface area contributed by atoms with Crippen LogP contribution >= 0.6 is 0 Å². The highest BCUT2D eigenvalue weighted by Crippen LogP contribution is 2.06. The van der Waals surface area contributed by atoms with E-state index in [2.05, 4.69) is 30.9 Å². The number of hydrogen-bond donors (Lipinski definition) is 1. The Labute approximate surface area is 103 Å². The van der Waals surface area contributed by atoms with Crippen molar-refractivity contribution in [3.8, 4) is 0 Å². The van der Waals surface area contributed by atoms with E-state index in [1.807, 2.05) is 19.4 Å². The first-order valence-corrected chi connectivity index (χ1v) is 5.56. The van der Waals surface area contributed by atoms with Gasteiger partial charge in [0.1, 0.15) is 5.82 Å². The zero-order chi connectivity index (χ0) is 12.4. The minimum atomic E-state index is 0.626. The van der Waals surface area contributed by atoms with Crippen molar-refractivity contribution < 1.29 is 0 Å². The maximum absolute atomic E-state index is 4.12. The van der Waals surface area contributed by atoms with Crippen LogP contribution in [0, 0.1) is 0 Å². The fourth-order valence-corrected chi connectivity index (χ4v) is 1.73. The SMILES string of the molecule is Cn1cc(CCNc2cncc3nnnn23)cn1. The summed E-state index contributed by atoms with van der Waals surface area (Å²) in [6, 6.07) is 0. The number of tetrazole rings is 1. The monoisotopic (exact) mass is 244 g/mol. The molecule has 8 heteroatoms. The first kappa shape index (κ1) is 10.6. The van der Waals surface area contributed by atoms with Crippen molar-refractivity contribution in [1.29, 1.82) is 0 Å². The van der Waals surface area contributed by atoms with Gasteiger partial charge in [-0.1, -0.05) is 0 Å². The van der Waals surface area contributed by atoms with E-state index in [4.69, 9.17) is 0 Å². The summed E-state index contributed by atoms with van der Waals surface area (Å²) in [7, 11) is 1.91. The normalized spacial score (nSPS) is 10.9. The quantitative estimate of drug-likeness (QED) is 0.690. The Hall–Kier alpha value is -2.51. The highest BCUT2D eigenvalue weighted by Gasteiger charge is 2.03. The van der Waals surface area contributed by atoms with Gasteiger partial charge in [0.2, 0.25) is 0 Å². The second-order valence-corrected chi connectivity index (χ2v) is 3.94. The lowest BCUT2D eigenvalue weighted by Crippen LogP contribution is -2.09. The van der Waals surface area contributed by atoms with Gasteiger partial charge in [-0.25, -0.2) is 0 Å². The minimum Gasteiger partial charge on any atom is -0.368 e. The average Bonchev–Trinajstić information content (AvgIpc) is 2.98. The van der Waals surface area contributed by atoms with E-state index in [-0.39, 0.29) is 0 Å². The smallest absolute Gasteiger partial charge is 0.199 e. The number of nitrogens with one attached hydrogen (secondary N) is 1. The van der Waals surface area contributed by atoms with Gasteiger partial charge in [-0.3, -0.25) is 9.67 Å². The lowest BCUT2D eigenvalue weighted by molar-refractivity contribution is 0.766. The molecule has 92 valence electrons. The molecule has 0 aromatic carbocycles. The molecule has 0 aliphatic heterocycles. The van der Waals surface area contributed by atoms with E-state index in [1.54, 1.807) is 21.6 Å². The van der Waals surface area contributed by atoms with Crippen LogP contribution in [-0.4, -0.2) is 41.4 Å². The molecular weight excluding hydrogens is 232 g/mol. The minimum absolute atomic E-state index is 0.626. The van der Waals surface area contributed by atoms with Crippen LogP contribution in [0.4, 0.5) is 5.82 Å². The molecule has 0 spiro atoms. The molecule has 0 atom stereocenters. The number of aryl methyl sites for hydroxylation is 1. The molecule has 3 aromatic rings. The summed E-state index contributed by atoms with van der Waals surface area (Å²) in [5, 5.41) is 18.7. The molecule has 0 aliphatic carbocycles. The van der Waals surface area contributed by atoms with Crippen molar-refractivity contribution in [2.45, 2.75) is 6.42 Å². The van der Waals surface area contributed by atoms with E-state index in [0.717, 1.165) is 18.8 Å². The number of aromatic nitrogens is 7. The van der Waals surface area contributed by atoms with Gasteiger partial charge in [0, 0.05) is 19.8 Å². The molecule has 3 aromatic heterocycles. The van der Waals surface area contributed by atoms with Crippen molar-refractivity contribution in [1.82, 2.24) is 34.8 Å². The highest BCUT2D eigenvalue weighted by molar-refractivity contribution is 5.43. The van der Waals surface area contributed by atoms with Crippen LogP contribution in [0.15, 0.2) is 24.8 Å². The van der Waals surface area contributed by atoms with Crippen LogP contribution in [0.3, 0.4) is 0 Å². The topological polar surface area (TPSA) is 85.8 Å². The number of nitrogens with zero attached hydrogens (tertiary/aromatic N) is 7. The molecule has 0 unspecified atom stereocenters. The second kappa shape index (κ2) is 4.40. The van der Waals surface area contributed by atoms with E-state index in [1.165, 1.54) is 5.56 Å². The molecule has 3 rings (SSSR count). The van der Waals surface area contributed by atoms with Gasteiger partial charge >= 0.3 is 0 Å². The molecule has 0 fully saturated rings. The lowest BCUT2D eigenvalue weighted by atomic mass is 10.2. The van der Waals surface area contributed by atoms with E-state index in [0.29, 0.717) is 5.65 Å². The van der Waals surface area contributed by atoms with Crippen LogP contribution in [0.25, 0.3) is 5.65 Å². The fourth-order valence-electron chi connectivity index (χ4n) is 1.73. The predicted molar refractivity (Wildman–Crippen MR) is 64.0 cm³/mol. The maximum atomic E-state index is 4.12. The van der Waals surface area contributed by atoms with Crippen molar-refractivity contribution in [3.63, 3.8) is 0 Å². The second-order valence-electron chi connectivity index (χ2n) is 3.94. The summed E-state index contributed by atoms with van der Waals surface area (Å²) in [5.41, 5.74) is 1.81. The van der Waals surface area contributed by atoms with E-state index < -0.39 is 0 Å². The zero-order valence-corrected chi connectivity index (χ0v) is 9.85. The Morgan fingerprint density at radius 1 is 1.28 bits per heavy atom. The van der Waals surface area contributed by atoms with Crippen LogP contribution in [0.1, 0.15) is 5.56 Å². The van der Waals surface area contributed by atoms with Crippen molar-refractivity contribution >= 4 is 11.5 Å². The van der Waals surface area contributed by atoms with Crippen LogP contribution in [-0.2, 0) is 13.5 Å². The van der Waals surface area contributed by atoms with Crippen molar-refractivity contribution in [2.75, 3.05) is 11.9 Å². The molecular formula is C10H12N8. The molecule has 1 N–H and O–H groups in total. The molecule has 0 amide bonds. The van der Waals surface area contributed by atoms with Gasteiger partial charge in [-0.15, -0.1) is 5.10 Å². The molecule has 3 heterocycles. The Morgan fingerprint density at radius 3 is 3.06 bits per heavy atom. The molecule has 8 nitrogen and oxygen atoms in total. The molecule has 0 radical (unpaired) electrons.